The van der Waals surface area contributed by atoms with E-state index in [4.69, 9.17) is 0 Å². The monoisotopic (exact) mass is 626 g/mol. The van der Waals surface area contributed by atoms with E-state index in [0.717, 1.165) is 35.2 Å². The van der Waals surface area contributed by atoms with Gasteiger partial charge >= 0.3 is 12.1 Å². The number of benzene rings is 3. The van der Waals surface area contributed by atoms with Gasteiger partial charge in [0.2, 0.25) is 5.91 Å². The highest BCUT2D eigenvalue weighted by molar-refractivity contribution is 9.13. The third-order valence-electron chi connectivity index (χ3n) is 6.11. The molecule has 0 bridgehead atoms. The Labute approximate surface area is 218 Å². The fraction of sp³-hybridized carbons (Fsp3) is 0.167. The van der Waals surface area contributed by atoms with Crippen LogP contribution in [0.25, 0.3) is 0 Å². The molecule has 0 aromatic heterocycles. The lowest BCUT2D eigenvalue weighted by atomic mass is 9.71. The number of non-ortho nitro benzene ring substituents is 1. The molecule has 1 fully saturated rings. The van der Waals surface area contributed by atoms with Gasteiger partial charge in [0.1, 0.15) is 5.41 Å². The van der Waals surface area contributed by atoms with Crippen LogP contribution in [0.1, 0.15) is 29.2 Å². The maximum atomic E-state index is 13.5. The summed E-state index contributed by atoms with van der Waals surface area (Å²) in [6, 6.07) is 12.4. The average Bonchev–Trinajstić information content (AvgIpc) is 3.14. The van der Waals surface area contributed by atoms with Crippen LogP contribution in [0.5, 0.6) is 0 Å². The summed E-state index contributed by atoms with van der Waals surface area (Å²) >= 11 is 6.69. The SMILES string of the molecule is O=C1C[C@@](C(=O)O)(c2ccc([N+](=O)[O-])cc2)[C@@H](c2ccc(Br)c(Br)c2)N1c1cccc(C(F)(F)F)c1. The average molecular weight is 628 g/mol. The zero-order chi connectivity index (χ0) is 26.4. The number of alkyl halides is 3. The lowest BCUT2D eigenvalue weighted by Crippen LogP contribution is -2.42. The molecule has 1 aliphatic rings. The summed E-state index contributed by atoms with van der Waals surface area (Å²) in [7, 11) is 0. The van der Waals surface area contributed by atoms with Gasteiger partial charge in [-0.3, -0.25) is 19.7 Å². The summed E-state index contributed by atoms with van der Waals surface area (Å²) < 4.78 is 41.5. The molecule has 4 rings (SSSR count). The lowest BCUT2D eigenvalue weighted by Gasteiger charge is -2.35. The molecule has 3 aromatic carbocycles. The summed E-state index contributed by atoms with van der Waals surface area (Å²) in [4.78, 5) is 37.8. The summed E-state index contributed by atoms with van der Waals surface area (Å²) in [6.45, 7) is 0. The molecule has 186 valence electrons. The molecular formula is C24H15Br2F3N2O5. The maximum Gasteiger partial charge on any atom is 0.416 e. The number of rotatable bonds is 5. The second kappa shape index (κ2) is 9.32. The van der Waals surface area contributed by atoms with Gasteiger partial charge in [-0.15, -0.1) is 0 Å². The smallest absolute Gasteiger partial charge is 0.416 e. The van der Waals surface area contributed by atoms with Crippen molar-refractivity contribution < 1.29 is 32.8 Å². The minimum atomic E-state index is -4.68. The first-order valence-corrected chi connectivity index (χ1v) is 11.9. The van der Waals surface area contributed by atoms with Crippen LogP contribution >= 0.6 is 31.9 Å². The number of halogens is 5. The first kappa shape index (κ1) is 25.8. The van der Waals surface area contributed by atoms with E-state index in [1.165, 1.54) is 18.2 Å². The fourth-order valence-electron chi connectivity index (χ4n) is 4.48. The van der Waals surface area contributed by atoms with Crippen molar-refractivity contribution in [3.8, 4) is 0 Å². The van der Waals surface area contributed by atoms with E-state index in [1.807, 2.05) is 0 Å². The first-order valence-electron chi connectivity index (χ1n) is 10.3. The van der Waals surface area contributed by atoms with Gasteiger partial charge in [-0.25, -0.2) is 0 Å². The molecule has 36 heavy (non-hydrogen) atoms. The van der Waals surface area contributed by atoms with E-state index in [2.05, 4.69) is 31.9 Å². The van der Waals surface area contributed by atoms with Gasteiger partial charge in [-0.2, -0.15) is 13.2 Å². The van der Waals surface area contributed by atoms with Crippen LogP contribution in [0.3, 0.4) is 0 Å². The first-order chi connectivity index (χ1) is 16.9. The van der Waals surface area contributed by atoms with Gasteiger partial charge < -0.3 is 10.0 Å². The number of nitro benzene ring substituents is 1. The molecule has 0 aliphatic carbocycles. The Kier molecular flexibility index (Phi) is 6.69. The van der Waals surface area contributed by atoms with Gasteiger partial charge in [0.15, 0.2) is 0 Å². The quantitative estimate of drug-likeness (QED) is 0.252. The van der Waals surface area contributed by atoms with Crippen LogP contribution in [0.4, 0.5) is 24.5 Å². The minimum absolute atomic E-state index is 0.104. The normalized spacial score (nSPS) is 20.0. The Morgan fingerprint density at radius 1 is 1.06 bits per heavy atom. The zero-order valence-electron chi connectivity index (χ0n) is 18.0. The Balaban J connectivity index is 1.99. The second-order valence-corrected chi connectivity index (χ2v) is 9.85. The zero-order valence-corrected chi connectivity index (χ0v) is 21.2. The largest absolute Gasteiger partial charge is 0.480 e. The van der Waals surface area contributed by atoms with Crippen molar-refractivity contribution in [1.82, 2.24) is 0 Å². The molecule has 12 heteroatoms. The van der Waals surface area contributed by atoms with Crippen LogP contribution in [0.15, 0.2) is 75.7 Å². The summed E-state index contributed by atoms with van der Waals surface area (Å²) in [5.74, 6) is -2.11. The number of carbonyl (C=O) groups is 2. The van der Waals surface area contributed by atoms with Crippen molar-refractivity contribution in [2.24, 2.45) is 0 Å². The van der Waals surface area contributed by atoms with Gasteiger partial charge in [0, 0.05) is 33.2 Å². The molecule has 7 nitrogen and oxygen atoms in total. The molecule has 1 aliphatic heterocycles. The molecule has 1 amide bonds. The predicted molar refractivity (Wildman–Crippen MR) is 131 cm³/mol. The third kappa shape index (κ3) is 4.39. The number of hydrogen-bond donors (Lipinski definition) is 1. The van der Waals surface area contributed by atoms with Gasteiger partial charge in [0.05, 0.1) is 16.5 Å². The van der Waals surface area contributed by atoms with E-state index >= 15 is 0 Å². The number of carboxylic acid groups (broad SMARTS) is 1. The molecule has 1 heterocycles. The molecule has 0 spiro atoms. The van der Waals surface area contributed by atoms with E-state index in [0.29, 0.717) is 14.5 Å². The van der Waals surface area contributed by atoms with Crippen LogP contribution < -0.4 is 4.90 Å². The van der Waals surface area contributed by atoms with E-state index in [9.17, 15) is 38.0 Å². The summed E-state index contributed by atoms with van der Waals surface area (Å²) in [5.41, 5.74) is -2.90. The molecule has 1 N–H and O–H groups in total. The van der Waals surface area contributed by atoms with Crippen molar-refractivity contribution in [2.75, 3.05) is 4.90 Å². The Morgan fingerprint density at radius 2 is 1.72 bits per heavy atom. The van der Waals surface area contributed by atoms with Crippen molar-refractivity contribution >= 4 is 55.1 Å². The highest BCUT2D eigenvalue weighted by Crippen LogP contribution is 2.52. The fourth-order valence-corrected chi connectivity index (χ4v) is 5.13. The molecular weight excluding hydrogens is 613 g/mol. The van der Waals surface area contributed by atoms with Crippen molar-refractivity contribution in [1.29, 1.82) is 0 Å². The Hall–Kier alpha value is -3.25. The van der Waals surface area contributed by atoms with Crippen molar-refractivity contribution in [3.63, 3.8) is 0 Å². The number of anilines is 1. The predicted octanol–water partition coefficient (Wildman–Crippen LogP) is 6.64. The van der Waals surface area contributed by atoms with E-state index in [1.54, 1.807) is 18.2 Å². The number of aliphatic carboxylic acids is 1. The van der Waals surface area contributed by atoms with Gasteiger partial charge in [-0.1, -0.05) is 24.3 Å². The van der Waals surface area contributed by atoms with Crippen molar-refractivity contribution in [3.05, 3.63) is 102 Å². The Morgan fingerprint density at radius 3 is 2.28 bits per heavy atom. The third-order valence-corrected chi connectivity index (χ3v) is 7.99. The summed E-state index contributed by atoms with van der Waals surface area (Å²) in [6.07, 6.45) is -5.26. The van der Waals surface area contributed by atoms with Crippen LogP contribution in [0.2, 0.25) is 0 Å². The second-order valence-electron chi connectivity index (χ2n) is 8.15. The standard InChI is InChI=1S/C24H15Br2F3N2O5/c25-18-9-4-13(10-19(18)26)21-23(22(33)34,14-5-7-16(8-6-14)31(35)36)12-20(32)30(21)17-3-1-2-15(11-17)24(27,28)29/h1-11,21H,12H2,(H,33,34)/t21-,23-/m1/s1. The molecule has 0 unspecified atom stereocenters. The molecule has 0 radical (unpaired) electrons. The van der Waals surface area contributed by atoms with Crippen molar-refractivity contribution in [2.45, 2.75) is 24.1 Å². The molecule has 0 saturated carbocycles. The molecule has 2 atom stereocenters. The minimum Gasteiger partial charge on any atom is -0.480 e. The number of carboxylic acids is 1. The number of hydrogen-bond acceptors (Lipinski definition) is 4. The topological polar surface area (TPSA) is 101 Å². The highest BCUT2D eigenvalue weighted by atomic mass is 79.9. The van der Waals surface area contributed by atoms with E-state index in [-0.39, 0.29) is 16.9 Å². The number of nitrogens with zero attached hydrogens (tertiary/aromatic N) is 2. The number of amides is 1. The van der Waals surface area contributed by atoms with Crippen LogP contribution in [-0.2, 0) is 21.2 Å². The van der Waals surface area contributed by atoms with E-state index < -0.39 is 46.4 Å². The van der Waals surface area contributed by atoms with Crippen LogP contribution in [0, 0.1) is 10.1 Å². The molecule has 3 aromatic rings. The maximum absolute atomic E-state index is 13.5. The molecule has 1 saturated heterocycles. The van der Waals surface area contributed by atoms with Gasteiger partial charge in [0.25, 0.3) is 5.69 Å². The lowest BCUT2D eigenvalue weighted by molar-refractivity contribution is -0.384. The number of nitro groups is 1. The Bertz CT molecular complexity index is 1380. The van der Waals surface area contributed by atoms with Gasteiger partial charge in [-0.05, 0) is 73.3 Å². The highest BCUT2D eigenvalue weighted by Gasteiger charge is 2.59. The summed E-state index contributed by atoms with van der Waals surface area (Å²) in [5, 5.41) is 21.6. The number of carbonyl (C=O) groups excluding carboxylic acids is 1. The van der Waals surface area contributed by atoms with Crippen LogP contribution in [-0.4, -0.2) is 21.9 Å².